The van der Waals surface area contributed by atoms with Gasteiger partial charge in [-0.1, -0.05) is 176 Å². The number of anilines is 8. The van der Waals surface area contributed by atoms with Crippen LogP contribution >= 0.6 is 0 Å². The minimum Gasteiger partial charge on any atom is -0.497 e. The molecule has 590 valence electrons. The fraction of sp³-hybridized carbons (Fsp3) is 0.327. The molecule has 118 heavy (non-hydrogen) atoms. The summed E-state index contributed by atoms with van der Waals surface area (Å²) >= 11 is 0. The summed E-state index contributed by atoms with van der Waals surface area (Å²) in [5.41, 5.74) is 25.1. The van der Waals surface area contributed by atoms with Gasteiger partial charge in [-0.25, -0.2) is 0 Å². The van der Waals surface area contributed by atoms with Crippen molar-refractivity contribution in [1.82, 2.24) is 0 Å². The molecule has 8 heteroatoms. The van der Waals surface area contributed by atoms with Crippen molar-refractivity contribution in [3.05, 3.63) is 253 Å². The molecule has 15 aromatic rings. The number of nitrogens with zero attached hydrogens (tertiary/aromatic N) is 4. The highest BCUT2D eigenvalue weighted by Crippen LogP contribution is 2.68. The SMILES string of the molecule is COc1cccc(N2c3ccc(-c4ccc5c6cc7c(cc6c6ccc(-c8ccc9c(c8)C8(C)CCCCC8(C)N9c8cccc(OC)c8)c4c56)c4ccc(-c5ccc6c(c5)C5(C)CCCCC5(C)N6c5cccc(OC)c5)c5c(-c6ccc8c(c6)C6(C)CCCCC6(C)N8c6cccc(OC)c6)ccc7c54)cc3C3(C)CCCCC23C)c1. The van der Waals surface area contributed by atoms with Crippen molar-refractivity contribution in [2.45, 2.75) is 202 Å². The molecule has 0 saturated heterocycles. The molecule has 0 radical (unpaired) electrons. The molecule has 4 heterocycles. The molecule has 15 aromatic carbocycles. The molecule has 8 atom stereocenters. The van der Waals surface area contributed by atoms with E-state index in [2.05, 4.69) is 306 Å². The number of rotatable bonds is 12. The van der Waals surface area contributed by atoms with Crippen molar-refractivity contribution < 1.29 is 18.9 Å². The van der Waals surface area contributed by atoms with Crippen LogP contribution in [-0.4, -0.2) is 50.6 Å². The van der Waals surface area contributed by atoms with Crippen molar-refractivity contribution in [2.75, 3.05) is 48.0 Å². The monoisotopic (exact) mass is 1550 g/mol. The molecular formula is C110H106N4O4. The van der Waals surface area contributed by atoms with Gasteiger partial charge in [0.1, 0.15) is 23.0 Å². The van der Waals surface area contributed by atoms with E-state index >= 15 is 0 Å². The Labute approximate surface area is 695 Å². The predicted molar refractivity (Wildman–Crippen MR) is 493 cm³/mol. The second-order valence-electron chi connectivity index (χ2n) is 38.4. The molecule has 4 fully saturated rings. The molecule has 23 rings (SSSR count). The van der Waals surface area contributed by atoms with E-state index in [1.807, 2.05) is 0 Å². The number of hydrogen-bond donors (Lipinski definition) is 0. The number of benzene rings is 13. The number of methoxy groups -OCH3 is 4. The first kappa shape index (κ1) is 72.0. The Balaban J connectivity index is 0.755. The minimum atomic E-state index is -0.135. The first-order chi connectivity index (χ1) is 57.2. The summed E-state index contributed by atoms with van der Waals surface area (Å²) in [6, 6.07) is 90.8. The quantitative estimate of drug-likeness (QED) is 0.120. The Kier molecular flexibility index (Phi) is 15.4. The molecule has 4 saturated carbocycles. The van der Waals surface area contributed by atoms with Gasteiger partial charge in [0, 0.05) is 91.4 Å². The fourth-order valence-electron chi connectivity index (χ4n) is 26.6. The van der Waals surface area contributed by atoms with Crippen LogP contribution in [0.1, 0.15) is 180 Å². The van der Waals surface area contributed by atoms with Gasteiger partial charge in [-0.3, -0.25) is 0 Å². The normalized spacial score (nSPS) is 26.1. The van der Waals surface area contributed by atoms with E-state index < -0.39 is 0 Å². The summed E-state index contributed by atoms with van der Waals surface area (Å²) in [6.45, 7) is 20.5. The van der Waals surface area contributed by atoms with E-state index in [1.54, 1.807) is 28.4 Å². The molecule has 8 aliphatic rings. The lowest BCUT2D eigenvalue weighted by molar-refractivity contribution is 0.195. The van der Waals surface area contributed by atoms with Gasteiger partial charge in [0.15, 0.2) is 0 Å². The Hall–Kier alpha value is -11.2. The Morgan fingerprint density at radius 2 is 0.449 bits per heavy atom. The van der Waals surface area contributed by atoms with Crippen LogP contribution in [0.25, 0.3) is 109 Å². The Morgan fingerprint density at radius 3 is 0.678 bits per heavy atom. The zero-order chi connectivity index (χ0) is 80.1. The second-order valence-corrected chi connectivity index (χ2v) is 38.4. The Morgan fingerprint density at radius 1 is 0.220 bits per heavy atom. The van der Waals surface area contributed by atoms with E-state index in [0.717, 1.165) is 74.4 Å². The fourth-order valence-corrected chi connectivity index (χ4v) is 26.6. The average Bonchev–Trinajstić information content (AvgIpc) is 1.54. The first-order valence-corrected chi connectivity index (χ1v) is 44.0. The van der Waals surface area contributed by atoms with Crippen LogP contribution in [0, 0.1) is 0 Å². The molecule has 4 aliphatic heterocycles. The minimum absolute atomic E-state index is 0.0986. The smallest absolute Gasteiger partial charge is 0.120 e. The van der Waals surface area contributed by atoms with E-state index in [-0.39, 0.29) is 43.8 Å². The second kappa shape index (κ2) is 25.2. The van der Waals surface area contributed by atoms with Gasteiger partial charge in [-0.2, -0.15) is 0 Å². The van der Waals surface area contributed by atoms with Crippen LogP contribution in [0.15, 0.2) is 231 Å². The summed E-state index contributed by atoms with van der Waals surface area (Å²) in [5, 5.41) is 15.8. The van der Waals surface area contributed by atoms with E-state index in [1.165, 1.54) is 228 Å². The lowest BCUT2D eigenvalue weighted by Crippen LogP contribution is -2.54. The van der Waals surface area contributed by atoms with Crippen LogP contribution < -0.4 is 38.5 Å². The van der Waals surface area contributed by atoms with E-state index in [9.17, 15) is 0 Å². The standard InChI is InChI=1S/C110H106N4O4/c1-103-49-13-17-53-107(103,5)111(71-25-21-29-75(61-71)115-9)95-45-33-67(57-91(95)103)79-37-41-83-87-65-89-85-43-39-81(69-35-47-97-93(59-69)105(3)51-15-19-55-109(105,7)113(97)73-27-23-31-77(63-73)117-11)100-82(70-36-48-98-94(60-70)106(4)52-16-20-56-110(106,8)114(98)74-28-24-32-78(64-74)118-12)40-44-86(102(85)100)90(89)66-88(87)84-42-38-80(99(79)101(83)84)68-34-46-96-92(58-68)104(2)50-14-18-54-108(104,6)112(96)72-26-22-30-76(62-72)116-10/h21-48,57-66H,13-20,49-56H2,1-12H3. The molecule has 0 aromatic heterocycles. The zero-order valence-corrected chi connectivity index (χ0v) is 70.7. The largest absolute Gasteiger partial charge is 0.497 e. The maximum atomic E-state index is 5.95. The third-order valence-electron chi connectivity index (χ3n) is 33.5. The van der Waals surface area contributed by atoms with E-state index in [0.29, 0.717) is 0 Å². The average molecular weight is 1550 g/mol. The zero-order valence-electron chi connectivity index (χ0n) is 70.7. The lowest BCUT2D eigenvalue weighted by Gasteiger charge is -2.50. The number of fused-ring (bicyclic) bond motifs is 18. The van der Waals surface area contributed by atoms with Gasteiger partial charge in [-0.05, 0) is 320 Å². The molecule has 0 spiro atoms. The van der Waals surface area contributed by atoms with Crippen LogP contribution in [0.4, 0.5) is 45.5 Å². The molecule has 0 amide bonds. The van der Waals surface area contributed by atoms with Crippen molar-refractivity contribution in [1.29, 1.82) is 0 Å². The van der Waals surface area contributed by atoms with Crippen LogP contribution in [0.3, 0.4) is 0 Å². The summed E-state index contributed by atoms with van der Waals surface area (Å²) < 4.78 is 23.8. The summed E-state index contributed by atoms with van der Waals surface area (Å²) in [6.07, 6.45) is 18.6. The van der Waals surface area contributed by atoms with Gasteiger partial charge in [0.2, 0.25) is 0 Å². The van der Waals surface area contributed by atoms with Gasteiger partial charge < -0.3 is 38.5 Å². The highest BCUT2D eigenvalue weighted by atomic mass is 16.5. The topological polar surface area (TPSA) is 49.9 Å². The van der Waals surface area contributed by atoms with Crippen LogP contribution in [0.2, 0.25) is 0 Å². The van der Waals surface area contributed by atoms with Gasteiger partial charge >= 0.3 is 0 Å². The highest BCUT2D eigenvalue weighted by Gasteiger charge is 2.62. The maximum Gasteiger partial charge on any atom is 0.120 e. The summed E-state index contributed by atoms with van der Waals surface area (Å²) in [5.74, 6) is 3.55. The van der Waals surface area contributed by atoms with Crippen molar-refractivity contribution in [3.8, 4) is 67.5 Å². The molecule has 0 bridgehead atoms. The van der Waals surface area contributed by atoms with Crippen molar-refractivity contribution in [2.24, 2.45) is 0 Å². The third kappa shape index (κ3) is 9.28. The van der Waals surface area contributed by atoms with Gasteiger partial charge in [0.25, 0.3) is 0 Å². The van der Waals surface area contributed by atoms with Crippen LogP contribution in [-0.2, 0) is 21.7 Å². The molecule has 4 aliphatic carbocycles. The molecule has 8 nitrogen and oxygen atoms in total. The summed E-state index contributed by atoms with van der Waals surface area (Å²) in [4.78, 5) is 10.8. The summed E-state index contributed by atoms with van der Waals surface area (Å²) in [7, 11) is 7.16. The van der Waals surface area contributed by atoms with Crippen molar-refractivity contribution in [3.63, 3.8) is 0 Å². The molecule has 8 unspecified atom stereocenters. The number of ether oxygens (including phenoxy) is 4. The predicted octanol–water partition coefficient (Wildman–Crippen LogP) is 29.2. The van der Waals surface area contributed by atoms with Gasteiger partial charge in [0.05, 0.1) is 50.6 Å². The highest BCUT2D eigenvalue weighted by molar-refractivity contribution is 6.40. The van der Waals surface area contributed by atoms with E-state index in [4.69, 9.17) is 18.9 Å². The maximum absolute atomic E-state index is 5.95. The lowest BCUT2D eigenvalue weighted by atomic mass is 9.61. The van der Waals surface area contributed by atoms with Gasteiger partial charge in [-0.15, -0.1) is 0 Å². The number of hydrogen-bond acceptors (Lipinski definition) is 8. The first-order valence-electron chi connectivity index (χ1n) is 44.0. The molecular weight excluding hydrogens is 1440 g/mol. The molecule has 0 N–H and O–H groups in total. The third-order valence-corrected chi connectivity index (χ3v) is 33.5. The Bertz CT molecular complexity index is 5970. The van der Waals surface area contributed by atoms with Crippen LogP contribution in [0.5, 0.6) is 23.0 Å². The van der Waals surface area contributed by atoms with Crippen molar-refractivity contribution >= 4 is 110 Å².